The molecule has 3 aromatic rings. The monoisotopic (exact) mass is 315 g/mol. The lowest BCUT2D eigenvalue weighted by Gasteiger charge is -1.99. The highest BCUT2D eigenvalue weighted by Gasteiger charge is 2.00. The molecule has 0 amide bonds. The molecule has 94 valence electrons. The Labute approximate surface area is 118 Å². The van der Waals surface area contributed by atoms with Crippen LogP contribution in [-0.2, 0) is 0 Å². The fourth-order valence-electron chi connectivity index (χ4n) is 1.78. The molecule has 0 fully saturated rings. The van der Waals surface area contributed by atoms with Crippen molar-refractivity contribution in [3.8, 4) is 5.75 Å². The van der Waals surface area contributed by atoms with Gasteiger partial charge in [-0.3, -0.25) is 4.99 Å². The lowest BCUT2D eigenvalue weighted by molar-refractivity contribution is 0.474. The fraction of sp³-hybridized carbons (Fsp3) is 0. The van der Waals surface area contributed by atoms with Crippen LogP contribution in [0.2, 0.25) is 0 Å². The Morgan fingerprint density at radius 1 is 1.21 bits per heavy atom. The minimum atomic E-state index is 0.203. The molecule has 2 N–H and O–H groups in total. The second kappa shape index (κ2) is 4.85. The van der Waals surface area contributed by atoms with Crippen LogP contribution in [0.4, 0.5) is 5.69 Å². The van der Waals surface area contributed by atoms with Gasteiger partial charge in [-0.1, -0.05) is 15.9 Å². The Bertz CT molecular complexity index is 764. The van der Waals surface area contributed by atoms with E-state index in [0.717, 1.165) is 21.2 Å². The van der Waals surface area contributed by atoms with Crippen molar-refractivity contribution in [2.24, 2.45) is 4.99 Å². The predicted molar refractivity (Wildman–Crippen MR) is 79.2 cm³/mol. The molecular formula is C14H10BrN3O. The number of hydrogen-bond acceptors (Lipinski definition) is 3. The van der Waals surface area contributed by atoms with Crippen LogP contribution < -0.4 is 0 Å². The summed E-state index contributed by atoms with van der Waals surface area (Å²) < 4.78 is 0.899. The van der Waals surface area contributed by atoms with Crippen LogP contribution in [-0.4, -0.2) is 21.3 Å². The second-order valence-corrected chi connectivity index (χ2v) is 4.98. The third-order valence-electron chi connectivity index (χ3n) is 2.75. The van der Waals surface area contributed by atoms with Crippen LogP contribution >= 0.6 is 15.9 Å². The smallest absolute Gasteiger partial charge is 0.124 e. The molecule has 0 unspecified atom stereocenters. The van der Waals surface area contributed by atoms with Gasteiger partial charge in [0.15, 0.2) is 0 Å². The molecule has 4 nitrogen and oxygen atoms in total. The molecule has 0 saturated heterocycles. The van der Waals surface area contributed by atoms with E-state index in [1.807, 2.05) is 24.3 Å². The summed E-state index contributed by atoms with van der Waals surface area (Å²) in [6.07, 6.45) is 3.29. The molecule has 0 aliphatic heterocycles. The number of aromatic hydroxyl groups is 1. The molecule has 3 rings (SSSR count). The summed E-state index contributed by atoms with van der Waals surface area (Å²) in [6.45, 7) is 0. The average Bonchev–Trinajstić information content (AvgIpc) is 2.87. The number of aromatic amines is 1. The Balaban J connectivity index is 1.95. The number of fused-ring (bicyclic) bond motifs is 1. The Morgan fingerprint density at radius 3 is 3.00 bits per heavy atom. The fourth-order valence-corrected chi connectivity index (χ4v) is 2.16. The van der Waals surface area contributed by atoms with E-state index in [2.05, 4.69) is 30.9 Å². The van der Waals surface area contributed by atoms with Gasteiger partial charge in [0.05, 0.1) is 23.0 Å². The molecule has 0 aliphatic carbocycles. The normalized spacial score (nSPS) is 11.4. The van der Waals surface area contributed by atoms with Crippen molar-refractivity contribution < 1.29 is 5.11 Å². The van der Waals surface area contributed by atoms with Gasteiger partial charge in [0.1, 0.15) is 5.75 Å². The molecular weight excluding hydrogens is 306 g/mol. The first kappa shape index (κ1) is 11.9. The van der Waals surface area contributed by atoms with Gasteiger partial charge in [0.25, 0.3) is 0 Å². The first-order valence-electron chi connectivity index (χ1n) is 5.68. The number of H-pyrrole nitrogens is 1. The first-order chi connectivity index (χ1) is 9.22. The summed E-state index contributed by atoms with van der Waals surface area (Å²) in [5.74, 6) is 0.203. The molecule has 0 aliphatic rings. The van der Waals surface area contributed by atoms with Crippen molar-refractivity contribution in [2.45, 2.75) is 0 Å². The predicted octanol–water partition coefficient (Wildman–Crippen LogP) is 3.78. The molecule has 0 radical (unpaired) electrons. The van der Waals surface area contributed by atoms with E-state index in [4.69, 9.17) is 0 Å². The van der Waals surface area contributed by atoms with Crippen LogP contribution in [0.3, 0.4) is 0 Å². The quantitative estimate of drug-likeness (QED) is 0.707. The van der Waals surface area contributed by atoms with Gasteiger partial charge >= 0.3 is 0 Å². The van der Waals surface area contributed by atoms with Crippen molar-refractivity contribution in [1.82, 2.24) is 9.97 Å². The largest absolute Gasteiger partial charge is 0.507 e. The Morgan fingerprint density at radius 2 is 2.11 bits per heavy atom. The highest BCUT2D eigenvalue weighted by molar-refractivity contribution is 9.10. The third-order valence-corrected chi connectivity index (χ3v) is 3.24. The Hall–Kier alpha value is -2.14. The maximum absolute atomic E-state index is 9.72. The number of rotatable bonds is 2. The summed E-state index contributed by atoms with van der Waals surface area (Å²) in [7, 11) is 0. The average molecular weight is 316 g/mol. The van der Waals surface area contributed by atoms with E-state index in [1.54, 1.807) is 24.7 Å². The minimum Gasteiger partial charge on any atom is -0.507 e. The van der Waals surface area contributed by atoms with Gasteiger partial charge in [-0.25, -0.2) is 4.98 Å². The van der Waals surface area contributed by atoms with Gasteiger partial charge in [-0.05, 0) is 36.4 Å². The number of halogens is 1. The maximum Gasteiger partial charge on any atom is 0.124 e. The van der Waals surface area contributed by atoms with Gasteiger partial charge in [-0.2, -0.15) is 0 Å². The lowest BCUT2D eigenvalue weighted by atomic mass is 10.2. The number of phenolic OH excluding ortho intramolecular Hbond substituents is 1. The molecule has 1 aromatic heterocycles. The standard InChI is InChI=1S/C14H10BrN3O/c15-10-1-4-14(19)9(5-10)7-16-11-2-3-12-13(6-11)18-8-17-12/h1-8,19H,(H,17,18). The van der Waals surface area contributed by atoms with Crippen LogP contribution in [0.25, 0.3) is 11.0 Å². The molecule has 0 spiro atoms. The van der Waals surface area contributed by atoms with Gasteiger partial charge < -0.3 is 10.1 Å². The summed E-state index contributed by atoms with van der Waals surface area (Å²) in [6, 6.07) is 10.9. The third kappa shape index (κ3) is 2.51. The maximum atomic E-state index is 9.72. The van der Waals surface area contributed by atoms with Crippen molar-refractivity contribution >= 4 is 38.9 Å². The van der Waals surface area contributed by atoms with Crippen LogP contribution in [0.5, 0.6) is 5.75 Å². The summed E-state index contributed by atoms with van der Waals surface area (Å²) in [5, 5.41) is 9.72. The van der Waals surface area contributed by atoms with E-state index < -0.39 is 0 Å². The van der Waals surface area contributed by atoms with Crippen molar-refractivity contribution in [3.05, 3.63) is 52.8 Å². The number of nitrogens with one attached hydrogen (secondary N) is 1. The van der Waals surface area contributed by atoms with Crippen LogP contribution in [0, 0.1) is 0 Å². The number of aromatic nitrogens is 2. The molecule has 0 bridgehead atoms. The van der Waals surface area contributed by atoms with E-state index in [0.29, 0.717) is 5.56 Å². The number of hydrogen-bond donors (Lipinski definition) is 2. The topological polar surface area (TPSA) is 61.3 Å². The highest BCUT2D eigenvalue weighted by Crippen LogP contribution is 2.22. The highest BCUT2D eigenvalue weighted by atomic mass is 79.9. The first-order valence-corrected chi connectivity index (χ1v) is 6.47. The summed E-state index contributed by atoms with van der Waals surface area (Å²) >= 11 is 3.36. The Kier molecular flexibility index (Phi) is 3.05. The zero-order chi connectivity index (χ0) is 13.2. The molecule has 5 heteroatoms. The molecule has 2 aromatic carbocycles. The number of benzene rings is 2. The van der Waals surface area contributed by atoms with Gasteiger partial charge in [0.2, 0.25) is 0 Å². The number of imidazole rings is 1. The molecule has 19 heavy (non-hydrogen) atoms. The minimum absolute atomic E-state index is 0.203. The van der Waals surface area contributed by atoms with E-state index in [1.165, 1.54) is 0 Å². The van der Waals surface area contributed by atoms with Crippen LogP contribution in [0.1, 0.15) is 5.56 Å². The zero-order valence-electron chi connectivity index (χ0n) is 9.84. The van der Waals surface area contributed by atoms with E-state index >= 15 is 0 Å². The molecule has 1 heterocycles. The van der Waals surface area contributed by atoms with Gasteiger partial charge in [0, 0.05) is 16.3 Å². The van der Waals surface area contributed by atoms with Crippen molar-refractivity contribution in [2.75, 3.05) is 0 Å². The number of nitrogens with zero attached hydrogens (tertiary/aromatic N) is 2. The van der Waals surface area contributed by atoms with Crippen LogP contribution in [0.15, 0.2) is 52.2 Å². The SMILES string of the molecule is Oc1ccc(Br)cc1C=Nc1ccc2nc[nH]c2c1. The lowest BCUT2D eigenvalue weighted by Crippen LogP contribution is -1.82. The molecule has 0 atom stereocenters. The van der Waals surface area contributed by atoms with E-state index in [-0.39, 0.29) is 5.75 Å². The zero-order valence-corrected chi connectivity index (χ0v) is 11.4. The van der Waals surface area contributed by atoms with Crippen molar-refractivity contribution in [1.29, 1.82) is 0 Å². The second-order valence-electron chi connectivity index (χ2n) is 4.07. The number of aliphatic imine (C=N–C) groups is 1. The van der Waals surface area contributed by atoms with E-state index in [9.17, 15) is 5.11 Å². The summed E-state index contributed by atoms with van der Waals surface area (Å²) in [5.41, 5.74) is 3.31. The van der Waals surface area contributed by atoms with Gasteiger partial charge in [-0.15, -0.1) is 0 Å². The number of phenols is 1. The van der Waals surface area contributed by atoms with Crippen molar-refractivity contribution in [3.63, 3.8) is 0 Å². The molecule has 0 saturated carbocycles. The summed E-state index contributed by atoms with van der Waals surface area (Å²) in [4.78, 5) is 11.5.